The topological polar surface area (TPSA) is 40.1 Å². The molecule has 0 aliphatic carbocycles. The summed E-state index contributed by atoms with van der Waals surface area (Å²) in [5.74, 6) is 0. The number of hydrogen-bond acceptors (Lipinski definition) is 1. The monoisotopic (exact) mass is 277 g/mol. The van der Waals surface area contributed by atoms with Crippen LogP contribution in [0.5, 0.6) is 0 Å². The normalized spacial score (nSPS) is 13.2. The van der Waals surface area contributed by atoms with E-state index in [0.717, 1.165) is 23.4 Å². The van der Waals surface area contributed by atoms with Gasteiger partial charge in [0.05, 0.1) is 15.7 Å². The lowest BCUT2D eigenvalue weighted by Crippen LogP contribution is -1.99. The molecule has 1 aromatic rings. The fourth-order valence-corrected chi connectivity index (χ4v) is 2.14. The molecule has 0 aromatic heterocycles. The van der Waals surface area contributed by atoms with Crippen LogP contribution in [-0.4, -0.2) is 6.54 Å². The SMILES string of the molecule is CC1=C(CCN)c2ccc(Cl)c(Cl)c2[N]1.Cl. The second-order valence-electron chi connectivity index (χ2n) is 3.47. The third-order valence-corrected chi connectivity index (χ3v) is 3.30. The Morgan fingerprint density at radius 1 is 1.31 bits per heavy atom. The van der Waals surface area contributed by atoms with Crippen molar-refractivity contribution in [2.24, 2.45) is 5.73 Å². The molecular weight excluding hydrogens is 266 g/mol. The molecule has 16 heavy (non-hydrogen) atoms. The van der Waals surface area contributed by atoms with Gasteiger partial charge in [-0.3, -0.25) is 5.32 Å². The summed E-state index contributed by atoms with van der Waals surface area (Å²) in [6.07, 6.45) is 0.820. The lowest BCUT2D eigenvalue weighted by molar-refractivity contribution is 1.00. The van der Waals surface area contributed by atoms with Gasteiger partial charge in [0.1, 0.15) is 0 Å². The molecule has 0 atom stereocenters. The average Bonchev–Trinajstić information content (AvgIpc) is 2.52. The first-order chi connectivity index (χ1) is 7.15. The first-order valence-electron chi connectivity index (χ1n) is 4.75. The van der Waals surface area contributed by atoms with Crippen LogP contribution in [0.15, 0.2) is 17.8 Å². The van der Waals surface area contributed by atoms with E-state index in [0.29, 0.717) is 16.6 Å². The lowest BCUT2D eigenvalue weighted by Gasteiger charge is -2.05. The van der Waals surface area contributed by atoms with Crippen LogP contribution >= 0.6 is 35.6 Å². The van der Waals surface area contributed by atoms with E-state index in [1.807, 2.05) is 13.0 Å². The number of allylic oxidation sites excluding steroid dienone is 1. The van der Waals surface area contributed by atoms with Crippen molar-refractivity contribution >= 4 is 46.9 Å². The van der Waals surface area contributed by atoms with Crippen molar-refractivity contribution in [1.29, 1.82) is 0 Å². The van der Waals surface area contributed by atoms with Gasteiger partial charge in [-0.05, 0) is 31.5 Å². The zero-order valence-electron chi connectivity index (χ0n) is 8.76. The summed E-state index contributed by atoms with van der Waals surface area (Å²) in [7, 11) is 0. The molecule has 0 saturated heterocycles. The van der Waals surface area contributed by atoms with Gasteiger partial charge in [-0.1, -0.05) is 29.3 Å². The number of fused-ring (bicyclic) bond motifs is 1. The van der Waals surface area contributed by atoms with Gasteiger partial charge in [0.2, 0.25) is 0 Å². The van der Waals surface area contributed by atoms with Crippen LogP contribution in [0.3, 0.4) is 0 Å². The van der Waals surface area contributed by atoms with E-state index < -0.39 is 0 Å². The molecule has 0 bridgehead atoms. The third-order valence-electron chi connectivity index (χ3n) is 2.50. The first kappa shape index (κ1) is 13.7. The molecule has 0 fully saturated rings. The molecule has 0 spiro atoms. The van der Waals surface area contributed by atoms with Crippen LogP contribution in [0.4, 0.5) is 5.69 Å². The average molecular weight is 279 g/mol. The zero-order chi connectivity index (χ0) is 11.0. The third kappa shape index (κ3) is 2.16. The molecule has 1 aromatic carbocycles. The molecule has 87 valence electrons. The molecule has 1 radical (unpaired) electrons. The van der Waals surface area contributed by atoms with Crippen molar-refractivity contribution in [3.63, 3.8) is 0 Å². The minimum absolute atomic E-state index is 0. The molecule has 2 nitrogen and oxygen atoms in total. The van der Waals surface area contributed by atoms with Gasteiger partial charge in [0.25, 0.3) is 0 Å². The molecule has 1 aliphatic heterocycles. The molecule has 2 N–H and O–H groups in total. The predicted octanol–water partition coefficient (Wildman–Crippen LogP) is 3.74. The second-order valence-corrected chi connectivity index (χ2v) is 4.26. The number of nitrogens with two attached hydrogens (primary N) is 1. The van der Waals surface area contributed by atoms with Crippen LogP contribution < -0.4 is 11.1 Å². The molecule has 1 heterocycles. The fraction of sp³-hybridized carbons (Fsp3) is 0.273. The Kier molecular flexibility index (Phi) is 4.51. The van der Waals surface area contributed by atoms with Crippen LogP contribution in [-0.2, 0) is 0 Å². The van der Waals surface area contributed by atoms with E-state index in [1.165, 1.54) is 5.57 Å². The quantitative estimate of drug-likeness (QED) is 0.879. The van der Waals surface area contributed by atoms with Gasteiger partial charge in [0.15, 0.2) is 0 Å². The number of halogens is 3. The first-order valence-corrected chi connectivity index (χ1v) is 5.50. The molecule has 0 amide bonds. The van der Waals surface area contributed by atoms with Crippen molar-refractivity contribution in [1.82, 2.24) is 5.32 Å². The standard InChI is InChI=1S/C11H11Cl2N2.ClH/c1-6-7(4-5-14)8-2-3-9(12)10(13)11(8)15-6;/h2-3H,4-5,14H2,1H3;1H. The summed E-state index contributed by atoms with van der Waals surface area (Å²) < 4.78 is 0. The van der Waals surface area contributed by atoms with Crippen LogP contribution in [0.2, 0.25) is 10.0 Å². The van der Waals surface area contributed by atoms with Gasteiger partial charge < -0.3 is 5.73 Å². The number of nitrogens with zero attached hydrogens (tertiary/aromatic N) is 1. The van der Waals surface area contributed by atoms with Gasteiger partial charge in [-0.2, -0.15) is 0 Å². The Hall–Kier alpha value is -0.410. The molecule has 0 saturated carbocycles. The smallest absolute Gasteiger partial charge is 0.0910 e. The van der Waals surface area contributed by atoms with E-state index in [1.54, 1.807) is 6.07 Å². The Balaban J connectivity index is 0.00000128. The van der Waals surface area contributed by atoms with Crippen molar-refractivity contribution in [2.45, 2.75) is 13.3 Å². The highest BCUT2D eigenvalue weighted by atomic mass is 35.5. The van der Waals surface area contributed by atoms with Crippen LogP contribution in [0, 0.1) is 0 Å². The summed E-state index contributed by atoms with van der Waals surface area (Å²) in [5, 5.41) is 5.49. The van der Waals surface area contributed by atoms with Gasteiger partial charge in [0, 0.05) is 11.3 Å². The second kappa shape index (κ2) is 5.28. The van der Waals surface area contributed by atoms with Crippen LogP contribution in [0.1, 0.15) is 18.9 Å². The Bertz CT molecular complexity index is 441. The lowest BCUT2D eigenvalue weighted by atomic mass is 10.0. The fourth-order valence-electron chi connectivity index (χ4n) is 1.78. The summed E-state index contributed by atoms with van der Waals surface area (Å²) in [4.78, 5) is 0. The molecule has 2 rings (SSSR count). The highest BCUT2D eigenvalue weighted by Gasteiger charge is 2.23. The predicted molar refractivity (Wildman–Crippen MR) is 71.8 cm³/mol. The maximum atomic E-state index is 6.09. The Labute approximate surface area is 111 Å². The summed E-state index contributed by atoms with van der Waals surface area (Å²) in [6, 6.07) is 3.75. The maximum absolute atomic E-state index is 6.09. The van der Waals surface area contributed by atoms with E-state index in [-0.39, 0.29) is 12.4 Å². The molecule has 5 heteroatoms. The van der Waals surface area contributed by atoms with Crippen molar-refractivity contribution in [2.75, 3.05) is 6.54 Å². The minimum Gasteiger partial charge on any atom is -0.330 e. The molecular formula is C11H12Cl3N2. The van der Waals surface area contributed by atoms with E-state index in [2.05, 4.69) is 5.32 Å². The Morgan fingerprint density at radius 3 is 2.62 bits per heavy atom. The van der Waals surface area contributed by atoms with Crippen LogP contribution in [0.25, 0.3) is 5.57 Å². The molecule has 0 unspecified atom stereocenters. The molecule has 1 aliphatic rings. The highest BCUT2D eigenvalue weighted by molar-refractivity contribution is 6.44. The minimum atomic E-state index is 0. The summed E-state index contributed by atoms with van der Waals surface area (Å²) in [6.45, 7) is 2.58. The largest absolute Gasteiger partial charge is 0.330 e. The van der Waals surface area contributed by atoms with Crippen molar-refractivity contribution < 1.29 is 0 Å². The van der Waals surface area contributed by atoms with Crippen molar-refractivity contribution in [3.8, 4) is 0 Å². The van der Waals surface area contributed by atoms with Gasteiger partial charge >= 0.3 is 0 Å². The maximum Gasteiger partial charge on any atom is 0.0910 e. The van der Waals surface area contributed by atoms with E-state index in [9.17, 15) is 0 Å². The van der Waals surface area contributed by atoms with Gasteiger partial charge in [-0.25, -0.2) is 0 Å². The van der Waals surface area contributed by atoms with Crippen molar-refractivity contribution in [3.05, 3.63) is 33.4 Å². The zero-order valence-corrected chi connectivity index (χ0v) is 11.1. The van der Waals surface area contributed by atoms with E-state index in [4.69, 9.17) is 28.9 Å². The summed E-state index contributed by atoms with van der Waals surface area (Å²) >= 11 is 12.0. The van der Waals surface area contributed by atoms with E-state index >= 15 is 0 Å². The number of hydrogen-bond donors (Lipinski definition) is 1. The highest BCUT2D eigenvalue weighted by Crippen LogP contribution is 2.43. The Morgan fingerprint density at radius 2 is 2.00 bits per heavy atom. The summed E-state index contributed by atoms with van der Waals surface area (Å²) in [5.41, 5.74) is 9.56. The van der Waals surface area contributed by atoms with Gasteiger partial charge in [-0.15, -0.1) is 12.4 Å². The number of benzene rings is 1. The number of rotatable bonds is 2.